The summed E-state index contributed by atoms with van der Waals surface area (Å²) < 4.78 is 53.7. The van der Waals surface area contributed by atoms with Gasteiger partial charge in [-0.2, -0.15) is 15.0 Å². The lowest BCUT2D eigenvalue weighted by molar-refractivity contribution is 0.560. The van der Waals surface area contributed by atoms with Crippen molar-refractivity contribution in [2.45, 2.75) is 96.9 Å². The van der Waals surface area contributed by atoms with Crippen molar-refractivity contribution in [3.8, 4) is 0 Å². The lowest BCUT2D eigenvalue weighted by Crippen LogP contribution is -1.84. The van der Waals surface area contributed by atoms with Crippen molar-refractivity contribution in [1.29, 1.82) is 0 Å². The van der Waals surface area contributed by atoms with Gasteiger partial charge in [-0.1, -0.05) is 48.5 Å². The molecular formula is C79H72N12O7. The second kappa shape index (κ2) is 24.5. The molecule has 19 heteroatoms. The van der Waals surface area contributed by atoms with Gasteiger partial charge < -0.3 is 39.7 Å². The van der Waals surface area contributed by atoms with Gasteiger partial charge >= 0.3 is 5.84 Å². The average molecular weight is 1300 g/mol. The predicted octanol–water partition coefficient (Wildman–Crippen LogP) is 20.1. The van der Waals surface area contributed by atoms with Gasteiger partial charge in [0.05, 0.1) is 28.4 Å². The Morgan fingerprint density at radius 3 is 1.30 bits per heavy atom. The van der Waals surface area contributed by atoms with Crippen LogP contribution in [-0.4, -0.2) is 55.7 Å². The Morgan fingerprint density at radius 1 is 0.316 bits per heavy atom. The normalized spacial score (nSPS) is 11.6. The molecule has 0 aliphatic carbocycles. The Bertz CT molecular complexity index is 5800. The molecule has 0 amide bonds. The van der Waals surface area contributed by atoms with E-state index in [2.05, 4.69) is 102 Å². The molecule has 0 saturated carbocycles. The first-order valence-electron chi connectivity index (χ1n) is 32.5. The minimum absolute atomic E-state index is 0.682. The van der Waals surface area contributed by atoms with Crippen molar-refractivity contribution < 1.29 is 30.9 Å². The van der Waals surface area contributed by atoms with Crippen molar-refractivity contribution in [1.82, 2.24) is 55.7 Å². The number of benzene rings is 1. The molecule has 0 N–H and O–H groups in total. The van der Waals surface area contributed by atoms with E-state index >= 15 is 0 Å². The summed E-state index contributed by atoms with van der Waals surface area (Å²) in [6.45, 7) is 28.3. The molecule has 0 aliphatic heterocycles. The SMILES string of the molecule is Cc1nc2oc3ccccc3n2c1C.Cc1oc2c(cn3ccccc23)c1C.Cc1oc2c(nc3ccccn32)c1C.Cc1oc2c(nc3ccccn32)c1C.Cc1oc2cn3ccccc3c2c1C.Cc1oc2nc3ccccn3c2c1C.Cc1oc2nc3ccccn3c2c1C. The zero-order valence-corrected chi connectivity index (χ0v) is 57.0. The quantitative estimate of drug-likeness (QED) is 0.140. The van der Waals surface area contributed by atoms with Crippen LogP contribution in [0.1, 0.15) is 79.3 Å². The maximum absolute atomic E-state index is 5.73. The third kappa shape index (κ3) is 10.6. The molecule has 0 atom stereocenters. The molecule has 0 bridgehead atoms. The summed E-state index contributed by atoms with van der Waals surface area (Å²) in [4.78, 5) is 22.1. The maximum atomic E-state index is 5.73. The van der Waals surface area contributed by atoms with Crippen molar-refractivity contribution in [3.05, 3.63) is 262 Å². The number of para-hydroxylation sites is 2. The topological polar surface area (TPSA) is 187 Å². The second-order valence-electron chi connectivity index (χ2n) is 24.7. The molecule has 490 valence electrons. The van der Waals surface area contributed by atoms with Gasteiger partial charge in [0.25, 0.3) is 0 Å². The van der Waals surface area contributed by atoms with Crippen molar-refractivity contribution in [3.63, 3.8) is 0 Å². The van der Waals surface area contributed by atoms with E-state index in [1.807, 2.05) is 234 Å². The van der Waals surface area contributed by atoms with E-state index in [4.69, 9.17) is 30.9 Å². The Balaban J connectivity index is 0.0000000933. The van der Waals surface area contributed by atoms with E-state index < -0.39 is 0 Å². The van der Waals surface area contributed by atoms with Crippen LogP contribution in [0, 0.1) is 96.9 Å². The Morgan fingerprint density at radius 2 is 0.745 bits per heavy atom. The molecule has 19 nitrogen and oxygen atoms in total. The molecule has 20 heterocycles. The largest absolute Gasteiger partial charge is 0.459 e. The fourth-order valence-electron chi connectivity index (χ4n) is 12.6. The maximum Gasteiger partial charge on any atom is 0.307 e. The van der Waals surface area contributed by atoms with Gasteiger partial charge in [0.15, 0.2) is 16.7 Å². The van der Waals surface area contributed by atoms with Crippen LogP contribution in [0.5, 0.6) is 0 Å². The zero-order valence-electron chi connectivity index (χ0n) is 57.0. The van der Waals surface area contributed by atoms with Gasteiger partial charge in [0.1, 0.15) is 79.2 Å². The summed E-state index contributed by atoms with van der Waals surface area (Å²) in [7, 11) is 0. The minimum atomic E-state index is 0.682. The van der Waals surface area contributed by atoms with Crippen LogP contribution in [0.2, 0.25) is 0 Å². The third-order valence-electron chi connectivity index (χ3n) is 18.8. The van der Waals surface area contributed by atoms with Crippen LogP contribution in [-0.2, 0) is 0 Å². The first-order chi connectivity index (χ1) is 47.4. The van der Waals surface area contributed by atoms with Crippen LogP contribution in [0.25, 0.3) is 117 Å². The Kier molecular flexibility index (Phi) is 15.5. The van der Waals surface area contributed by atoms with E-state index in [1.54, 1.807) is 0 Å². The van der Waals surface area contributed by atoms with Gasteiger partial charge in [-0.3, -0.25) is 22.0 Å². The van der Waals surface area contributed by atoms with Gasteiger partial charge in [-0.05, 0) is 187 Å². The van der Waals surface area contributed by atoms with Crippen molar-refractivity contribution in [2.24, 2.45) is 0 Å². The van der Waals surface area contributed by atoms with Crippen molar-refractivity contribution >= 4 is 117 Å². The molecule has 1 aromatic carbocycles. The van der Waals surface area contributed by atoms with E-state index in [0.29, 0.717) is 5.84 Å². The lowest BCUT2D eigenvalue weighted by atomic mass is 10.2. The number of aromatic nitrogens is 12. The van der Waals surface area contributed by atoms with Crippen LogP contribution in [0.15, 0.2) is 214 Å². The van der Waals surface area contributed by atoms with E-state index in [1.165, 1.54) is 38.5 Å². The summed E-state index contributed by atoms with van der Waals surface area (Å²) in [6, 6.07) is 44.0. The molecule has 0 saturated heterocycles. The summed E-state index contributed by atoms with van der Waals surface area (Å²) in [5, 5.41) is 2.46. The number of hydrogen-bond donors (Lipinski definition) is 0. The monoisotopic (exact) mass is 1300 g/mol. The number of oxazole rings is 1. The molecule has 20 aromatic heterocycles. The molecule has 0 spiro atoms. The number of imidazole rings is 5. The Hall–Kier alpha value is -12.3. The molecule has 21 aromatic rings. The van der Waals surface area contributed by atoms with Crippen LogP contribution in [0.3, 0.4) is 0 Å². The Labute approximate surface area is 560 Å². The summed E-state index contributed by atoms with van der Waals surface area (Å²) >= 11 is 0. The number of aryl methyl sites for hydroxylation is 14. The third-order valence-corrected chi connectivity index (χ3v) is 18.8. The van der Waals surface area contributed by atoms with Crippen LogP contribution < -0.4 is 0 Å². The molecular weight excluding hydrogens is 1230 g/mol. The van der Waals surface area contributed by atoms with Gasteiger partial charge in [-0.25, -0.2) is 9.97 Å². The highest BCUT2D eigenvalue weighted by Crippen LogP contribution is 2.33. The van der Waals surface area contributed by atoms with E-state index in [0.717, 1.165) is 152 Å². The van der Waals surface area contributed by atoms with Gasteiger partial charge in [0.2, 0.25) is 22.9 Å². The molecule has 98 heavy (non-hydrogen) atoms. The van der Waals surface area contributed by atoms with Crippen molar-refractivity contribution in [2.75, 3.05) is 0 Å². The molecule has 0 aliphatic rings. The number of fused-ring (bicyclic) bond motifs is 21. The fourth-order valence-corrected chi connectivity index (χ4v) is 12.6. The highest BCUT2D eigenvalue weighted by Gasteiger charge is 2.19. The number of pyridine rings is 6. The van der Waals surface area contributed by atoms with E-state index in [9.17, 15) is 0 Å². The second-order valence-corrected chi connectivity index (χ2v) is 24.7. The van der Waals surface area contributed by atoms with Crippen LogP contribution >= 0.6 is 0 Å². The highest BCUT2D eigenvalue weighted by molar-refractivity contribution is 5.98. The molecule has 21 rings (SSSR count). The number of furan rings is 6. The highest BCUT2D eigenvalue weighted by atomic mass is 16.4. The fraction of sp³-hybridized carbons (Fsp3) is 0.177. The van der Waals surface area contributed by atoms with Gasteiger partial charge in [0, 0.05) is 87.7 Å². The standard InChI is InChI=1S/2C12H11NO.5C11H10N2O/c1-8-9(2)14-12-10(8)7-13-6-4-3-5-11(12)13;1-8-9(2)14-11-7-13-6-4-3-5-10(13)12(8)11;2*1-7-8(2)14-11-10(7)13-6-4-3-5-9(13)12-11;2*1-7-8(2)14-11-10(7)12-9-5-3-4-6-13(9)11;1-7-8(2)13-9-5-3-4-6-10(9)14-11(13)12-7/h2*3-7H,1-2H3;5*3-6H,1-2H3. The number of rotatable bonds is 0. The summed E-state index contributed by atoms with van der Waals surface area (Å²) in [6.07, 6.45) is 16.2. The number of nitrogens with zero attached hydrogens (tertiary/aromatic N) is 12. The van der Waals surface area contributed by atoms with E-state index in [-0.39, 0.29) is 0 Å². The van der Waals surface area contributed by atoms with Gasteiger partial charge in [-0.15, -0.1) is 0 Å². The van der Waals surface area contributed by atoms with Crippen LogP contribution in [0.4, 0.5) is 0 Å². The molecule has 0 radical (unpaired) electrons. The smallest absolute Gasteiger partial charge is 0.307 e. The first kappa shape index (κ1) is 61.9. The lowest BCUT2D eigenvalue weighted by Gasteiger charge is -1.93. The minimum Gasteiger partial charge on any atom is -0.459 e. The molecule has 0 unspecified atom stereocenters. The first-order valence-corrected chi connectivity index (χ1v) is 32.5. The number of hydrogen-bond acceptors (Lipinski definition) is 12. The molecule has 0 fully saturated rings. The summed E-state index contributed by atoms with van der Waals surface area (Å²) in [5.74, 6) is 6.49. The zero-order chi connectivity index (χ0) is 67.9. The summed E-state index contributed by atoms with van der Waals surface area (Å²) in [5.41, 5.74) is 26.5. The average Bonchev–Trinajstić information content (AvgIpc) is 1.67. The predicted molar refractivity (Wildman–Crippen MR) is 385 cm³/mol.